The molecule has 30 heavy (non-hydrogen) atoms. The summed E-state index contributed by atoms with van der Waals surface area (Å²) in [6, 6.07) is 14.2. The molecule has 1 unspecified atom stereocenters. The number of nitrogens with one attached hydrogen (secondary N) is 2. The maximum atomic E-state index is 13.1. The third-order valence-electron chi connectivity index (χ3n) is 5.05. The first-order valence-corrected chi connectivity index (χ1v) is 10.5. The van der Waals surface area contributed by atoms with Crippen LogP contribution in [0.5, 0.6) is 0 Å². The molecule has 1 atom stereocenters. The third-order valence-corrected chi connectivity index (χ3v) is 5.38. The van der Waals surface area contributed by atoms with E-state index in [-0.39, 0.29) is 17.9 Å². The van der Waals surface area contributed by atoms with E-state index < -0.39 is 6.10 Å². The van der Waals surface area contributed by atoms with E-state index in [1.165, 1.54) is 0 Å². The molecular formula is C23H27ClN2O4. The lowest BCUT2D eigenvalue weighted by Crippen LogP contribution is -2.28. The molecule has 2 N–H and O–H groups in total. The highest BCUT2D eigenvalue weighted by Gasteiger charge is 2.27. The van der Waals surface area contributed by atoms with Gasteiger partial charge < -0.3 is 20.1 Å². The molecule has 0 aromatic heterocycles. The third kappa shape index (κ3) is 6.05. The Balaban J connectivity index is 1.75. The van der Waals surface area contributed by atoms with Crippen LogP contribution >= 0.6 is 11.6 Å². The topological polar surface area (TPSA) is 76.7 Å². The van der Waals surface area contributed by atoms with E-state index in [1.807, 2.05) is 30.3 Å². The quantitative estimate of drug-likeness (QED) is 0.579. The van der Waals surface area contributed by atoms with E-state index in [4.69, 9.17) is 21.1 Å². The van der Waals surface area contributed by atoms with Gasteiger partial charge in [0.25, 0.3) is 11.8 Å². The summed E-state index contributed by atoms with van der Waals surface area (Å²) in [5.41, 5.74) is 1.56. The van der Waals surface area contributed by atoms with Crippen LogP contribution in [0.3, 0.4) is 0 Å². The van der Waals surface area contributed by atoms with Crippen molar-refractivity contribution in [2.24, 2.45) is 0 Å². The molecule has 2 aromatic rings. The van der Waals surface area contributed by atoms with E-state index in [9.17, 15) is 9.59 Å². The monoisotopic (exact) mass is 430 g/mol. The van der Waals surface area contributed by atoms with Gasteiger partial charge in [0.1, 0.15) is 0 Å². The number of hydrogen-bond donors (Lipinski definition) is 2. The summed E-state index contributed by atoms with van der Waals surface area (Å²) in [5, 5.41) is 5.95. The summed E-state index contributed by atoms with van der Waals surface area (Å²) in [7, 11) is 1.57. The summed E-state index contributed by atoms with van der Waals surface area (Å²) in [4.78, 5) is 25.4. The Hall–Kier alpha value is -2.41. The van der Waals surface area contributed by atoms with Crippen LogP contribution < -0.4 is 10.6 Å². The number of hydrogen-bond acceptors (Lipinski definition) is 4. The molecule has 0 spiro atoms. The van der Waals surface area contributed by atoms with Crippen molar-refractivity contribution < 1.29 is 19.1 Å². The Bertz CT molecular complexity index is 854. The maximum absolute atomic E-state index is 13.1. The lowest BCUT2D eigenvalue weighted by molar-refractivity contribution is -0.131. The Morgan fingerprint density at radius 3 is 2.57 bits per heavy atom. The summed E-state index contributed by atoms with van der Waals surface area (Å²) >= 11 is 6.29. The van der Waals surface area contributed by atoms with Crippen LogP contribution in [0.15, 0.2) is 48.5 Å². The Morgan fingerprint density at radius 1 is 1.13 bits per heavy atom. The Labute approximate surface area is 181 Å². The first kappa shape index (κ1) is 22.3. The molecule has 0 heterocycles. The van der Waals surface area contributed by atoms with Crippen LogP contribution in [0.25, 0.3) is 0 Å². The van der Waals surface area contributed by atoms with Gasteiger partial charge in [-0.25, -0.2) is 0 Å². The van der Waals surface area contributed by atoms with E-state index in [0.717, 1.165) is 31.2 Å². The van der Waals surface area contributed by atoms with E-state index in [2.05, 4.69) is 10.6 Å². The van der Waals surface area contributed by atoms with Crippen LogP contribution in [0.1, 0.15) is 47.7 Å². The van der Waals surface area contributed by atoms with Crippen LogP contribution in [0, 0.1) is 0 Å². The Kier molecular flexibility index (Phi) is 8.25. The van der Waals surface area contributed by atoms with E-state index in [1.54, 1.807) is 25.3 Å². The lowest BCUT2D eigenvalue weighted by atomic mass is 10.1. The number of methoxy groups -OCH3 is 1. The smallest absolute Gasteiger partial charge is 0.258 e. The van der Waals surface area contributed by atoms with Crippen molar-refractivity contribution >= 4 is 29.1 Å². The van der Waals surface area contributed by atoms with Crippen molar-refractivity contribution in [3.05, 3.63) is 64.7 Å². The van der Waals surface area contributed by atoms with Gasteiger partial charge in [-0.3, -0.25) is 9.59 Å². The van der Waals surface area contributed by atoms with Gasteiger partial charge in [0.15, 0.2) is 6.10 Å². The second-order valence-electron chi connectivity index (χ2n) is 7.27. The van der Waals surface area contributed by atoms with Gasteiger partial charge in [-0.2, -0.15) is 0 Å². The van der Waals surface area contributed by atoms with Gasteiger partial charge in [0, 0.05) is 19.2 Å². The predicted molar refractivity (Wildman–Crippen MR) is 117 cm³/mol. The van der Waals surface area contributed by atoms with Gasteiger partial charge in [0.2, 0.25) is 0 Å². The molecule has 1 aliphatic rings. The largest absolute Gasteiger partial charge is 0.383 e. The van der Waals surface area contributed by atoms with Crippen molar-refractivity contribution in [3.63, 3.8) is 0 Å². The number of anilines is 1. The highest BCUT2D eigenvalue weighted by molar-refractivity contribution is 6.34. The van der Waals surface area contributed by atoms with Gasteiger partial charge in [-0.05, 0) is 36.6 Å². The standard InChI is InChI=1S/C23H27ClN2O4/c1-29-14-13-25-22(27)17-11-12-19(24)20(15-17)26-23(28)21(16-7-3-2-4-8-16)30-18-9-5-6-10-18/h2-4,7-8,11-12,15,18,21H,5-6,9-10,13-14H2,1H3,(H,25,27)(H,26,28). The van der Waals surface area contributed by atoms with Crippen LogP contribution in [-0.2, 0) is 14.3 Å². The zero-order valence-electron chi connectivity index (χ0n) is 17.0. The summed E-state index contributed by atoms with van der Waals surface area (Å²) in [5.74, 6) is -0.576. The molecule has 0 aliphatic heterocycles. The van der Waals surface area contributed by atoms with Crippen LogP contribution in [0.4, 0.5) is 5.69 Å². The zero-order valence-corrected chi connectivity index (χ0v) is 17.8. The number of benzene rings is 2. The maximum Gasteiger partial charge on any atom is 0.258 e. The number of rotatable bonds is 9. The molecule has 6 nitrogen and oxygen atoms in total. The van der Waals surface area contributed by atoms with Gasteiger partial charge in [-0.15, -0.1) is 0 Å². The van der Waals surface area contributed by atoms with Crippen molar-refractivity contribution in [1.82, 2.24) is 5.32 Å². The summed E-state index contributed by atoms with van der Waals surface area (Å²) in [6.45, 7) is 0.811. The minimum absolute atomic E-state index is 0.0642. The molecule has 1 aliphatic carbocycles. The van der Waals surface area contributed by atoms with Crippen molar-refractivity contribution in [3.8, 4) is 0 Å². The Morgan fingerprint density at radius 2 is 1.87 bits per heavy atom. The molecule has 0 radical (unpaired) electrons. The van der Waals surface area contributed by atoms with Gasteiger partial charge in [-0.1, -0.05) is 54.8 Å². The molecule has 160 valence electrons. The SMILES string of the molecule is COCCNC(=O)c1ccc(Cl)c(NC(=O)C(OC2CCCC2)c2ccccc2)c1. The molecule has 7 heteroatoms. The summed E-state index contributed by atoms with van der Waals surface area (Å²) in [6.07, 6.45) is 3.45. The van der Waals surface area contributed by atoms with Crippen molar-refractivity contribution in [1.29, 1.82) is 0 Å². The molecule has 1 saturated carbocycles. The fourth-order valence-corrected chi connectivity index (χ4v) is 3.63. The van der Waals surface area contributed by atoms with Crippen molar-refractivity contribution in [2.45, 2.75) is 37.9 Å². The highest BCUT2D eigenvalue weighted by Crippen LogP contribution is 2.30. The first-order chi connectivity index (χ1) is 14.6. The number of carbonyl (C=O) groups is 2. The van der Waals surface area contributed by atoms with Gasteiger partial charge >= 0.3 is 0 Å². The number of amides is 2. The summed E-state index contributed by atoms with van der Waals surface area (Å²) < 4.78 is 11.1. The van der Waals surface area contributed by atoms with Gasteiger partial charge in [0.05, 0.1) is 23.4 Å². The number of ether oxygens (including phenoxy) is 2. The zero-order chi connectivity index (χ0) is 21.3. The fourth-order valence-electron chi connectivity index (χ4n) is 3.47. The second-order valence-corrected chi connectivity index (χ2v) is 7.67. The number of carbonyl (C=O) groups excluding carboxylic acids is 2. The van der Waals surface area contributed by atoms with E-state index >= 15 is 0 Å². The molecule has 0 bridgehead atoms. The van der Waals surface area contributed by atoms with Crippen molar-refractivity contribution in [2.75, 3.05) is 25.6 Å². The van der Waals surface area contributed by atoms with Crippen LogP contribution in [0.2, 0.25) is 5.02 Å². The first-order valence-electron chi connectivity index (χ1n) is 10.2. The minimum atomic E-state index is -0.746. The fraction of sp³-hybridized carbons (Fsp3) is 0.391. The van der Waals surface area contributed by atoms with E-state index in [0.29, 0.717) is 29.4 Å². The highest BCUT2D eigenvalue weighted by atomic mass is 35.5. The lowest BCUT2D eigenvalue weighted by Gasteiger charge is -2.22. The minimum Gasteiger partial charge on any atom is -0.383 e. The molecule has 0 saturated heterocycles. The molecule has 2 amide bonds. The molecular weight excluding hydrogens is 404 g/mol. The normalized spacial score (nSPS) is 15.0. The average Bonchev–Trinajstić information content (AvgIpc) is 3.27. The average molecular weight is 431 g/mol. The number of halogens is 1. The molecule has 1 fully saturated rings. The van der Waals surface area contributed by atoms with Crippen LogP contribution in [-0.4, -0.2) is 38.2 Å². The molecule has 3 rings (SSSR count). The predicted octanol–water partition coefficient (Wildman–Crippen LogP) is 4.36. The molecule has 2 aromatic carbocycles. The second kappa shape index (κ2) is 11.1.